The molecular weight excluding hydrogens is 296 g/mol. The lowest BCUT2D eigenvalue weighted by Crippen LogP contribution is -2.22. The van der Waals surface area contributed by atoms with E-state index in [-0.39, 0.29) is 18.0 Å². The van der Waals surface area contributed by atoms with Crippen molar-refractivity contribution in [3.8, 4) is 0 Å². The van der Waals surface area contributed by atoms with Crippen molar-refractivity contribution in [1.29, 1.82) is 0 Å². The minimum atomic E-state index is -1.23. The molecule has 1 aromatic rings. The summed E-state index contributed by atoms with van der Waals surface area (Å²) in [4.78, 5) is 37.5. The fraction of sp³-hybridized carbons (Fsp3) is 0.385. The van der Waals surface area contributed by atoms with Crippen LogP contribution in [0.25, 0.3) is 0 Å². The summed E-state index contributed by atoms with van der Waals surface area (Å²) in [7, 11) is 1.33. The van der Waals surface area contributed by atoms with E-state index in [9.17, 15) is 14.4 Å². The molecule has 0 saturated heterocycles. The van der Waals surface area contributed by atoms with Gasteiger partial charge in [0.15, 0.2) is 6.29 Å². The Bertz CT molecular complexity index is 579. The first-order chi connectivity index (χ1) is 9.96. The van der Waals surface area contributed by atoms with Gasteiger partial charge in [0.1, 0.15) is 5.00 Å². The van der Waals surface area contributed by atoms with Crippen molar-refractivity contribution in [2.75, 3.05) is 19.0 Å². The minimum Gasteiger partial charge on any atom is -0.475 e. The molecule has 1 rings (SSSR count). The van der Waals surface area contributed by atoms with Crippen molar-refractivity contribution in [2.45, 2.75) is 19.8 Å². The second kappa shape index (κ2) is 7.53. The number of aliphatic imine (C=N–C) groups is 1. The Kier molecular flexibility index (Phi) is 6.04. The molecule has 0 amide bonds. The summed E-state index contributed by atoms with van der Waals surface area (Å²) in [5.74, 6) is -2.56. The van der Waals surface area contributed by atoms with Gasteiger partial charge < -0.3 is 15.2 Å². The average molecular weight is 312 g/mol. The Balaban J connectivity index is 3.09. The fourth-order valence-corrected chi connectivity index (χ4v) is 2.67. The Morgan fingerprint density at radius 1 is 1.57 bits per heavy atom. The molecule has 0 radical (unpaired) electrons. The van der Waals surface area contributed by atoms with Gasteiger partial charge in [-0.05, 0) is 24.8 Å². The highest BCUT2D eigenvalue weighted by molar-refractivity contribution is 7.15. The van der Waals surface area contributed by atoms with E-state index in [4.69, 9.17) is 9.84 Å². The van der Waals surface area contributed by atoms with Crippen molar-refractivity contribution < 1.29 is 24.2 Å². The first-order valence-corrected chi connectivity index (χ1v) is 7.04. The molecular formula is C13H16N2O5S. The average Bonchev–Trinajstić information content (AvgIpc) is 2.86. The molecule has 1 unspecified atom stereocenters. The second-order valence-corrected chi connectivity index (χ2v) is 4.91. The van der Waals surface area contributed by atoms with Crippen LogP contribution in [0.2, 0.25) is 0 Å². The van der Waals surface area contributed by atoms with Crippen LogP contribution in [-0.2, 0) is 14.3 Å². The summed E-state index contributed by atoms with van der Waals surface area (Å²) in [6.07, 6.45) is 0.582. The highest BCUT2D eigenvalue weighted by atomic mass is 32.1. The van der Waals surface area contributed by atoms with E-state index in [1.165, 1.54) is 7.05 Å². The monoisotopic (exact) mass is 312 g/mol. The normalized spacial score (nSPS) is 12.6. The fourth-order valence-electron chi connectivity index (χ4n) is 1.64. The van der Waals surface area contributed by atoms with Crippen molar-refractivity contribution in [2.24, 2.45) is 4.99 Å². The van der Waals surface area contributed by atoms with E-state index in [1.54, 1.807) is 19.2 Å². The third-order valence-electron chi connectivity index (χ3n) is 2.74. The molecule has 8 heteroatoms. The first kappa shape index (κ1) is 16.8. The zero-order chi connectivity index (χ0) is 16.0. The van der Waals surface area contributed by atoms with Crippen LogP contribution in [0.15, 0.2) is 10.4 Å². The highest BCUT2D eigenvalue weighted by Gasteiger charge is 2.24. The SMILES string of the molecule is CCOC(=O)C(C)c1csc(NC(=NC)C(=O)O)c1C=O. The Morgan fingerprint density at radius 3 is 2.71 bits per heavy atom. The molecule has 0 saturated carbocycles. The van der Waals surface area contributed by atoms with E-state index < -0.39 is 17.9 Å². The number of aliphatic carboxylic acids is 1. The second-order valence-electron chi connectivity index (χ2n) is 4.03. The molecule has 1 heterocycles. The summed E-state index contributed by atoms with van der Waals surface area (Å²) in [6.45, 7) is 3.58. The maximum atomic E-state index is 11.7. The van der Waals surface area contributed by atoms with Gasteiger partial charge in [0.2, 0.25) is 5.84 Å². The van der Waals surface area contributed by atoms with Crippen molar-refractivity contribution >= 4 is 40.4 Å². The lowest BCUT2D eigenvalue weighted by molar-refractivity contribution is -0.144. The van der Waals surface area contributed by atoms with Gasteiger partial charge in [0.05, 0.1) is 18.1 Å². The number of nitrogens with zero attached hydrogens (tertiary/aromatic N) is 1. The molecule has 114 valence electrons. The van der Waals surface area contributed by atoms with Gasteiger partial charge >= 0.3 is 11.9 Å². The maximum Gasteiger partial charge on any atom is 0.371 e. The molecule has 21 heavy (non-hydrogen) atoms. The number of anilines is 1. The maximum absolute atomic E-state index is 11.7. The van der Waals surface area contributed by atoms with E-state index in [0.717, 1.165) is 11.3 Å². The standard InChI is InChI=1S/C13H16N2O5S/c1-4-20-13(19)7(2)9-6-21-11(8(9)5-16)15-10(14-3)12(17)18/h5-7H,4H2,1-3H3,(H,14,15)(H,17,18). The lowest BCUT2D eigenvalue weighted by atomic mass is 10.0. The molecule has 0 aromatic carbocycles. The van der Waals surface area contributed by atoms with Crippen molar-refractivity contribution in [3.05, 3.63) is 16.5 Å². The van der Waals surface area contributed by atoms with Crippen LogP contribution in [0.3, 0.4) is 0 Å². The topological polar surface area (TPSA) is 105 Å². The Hall–Kier alpha value is -2.22. The smallest absolute Gasteiger partial charge is 0.371 e. The Morgan fingerprint density at radius 2 is 2.24 bits per heavy atom. The van der Waals surface area contributed by atoms with Crippen LogP contribution in [0.1, 0.15) is 35.7 Å². The molecule has 0 bridgehead atoms. The van der Waals surface area contributed by atoms with E-state index in [0.29, 0.717) is 16.9 Å². The third-order valence-corrected chi connectivity index (χ3v) is 3.67. The van der Waals surface area contributed by atoms with E-state index >= 15 is 0 Å². The number of nitrogens with one attached hydrogen (secondary N) is 1. The molecule has 1 aromatic heterocycles. The van der Waals surface area contributed by atoms with Gasteiger partial charge in [-0.2, -0.15) is 0 Å². The van der Waals surface area contributed by atoms with Gasteiger partial charge in [-0.25, -0.2) is 4.79 Å². The number of hydrogen-bond acceptors (Lipinski definition) is 6. The van der Waals surface area contributed by atoms with Crippen molar-refractivity contribution in [1.82, 2.24) is 0 Å². The molecule has 7 nitrogen and oxygen atoms in total. The van der Waals surface area contributed by atoms with E-state index in [1.807, 2.05) is 0 Å². The predicted molar refractivity (Wildman–Crippen MR) is 79.4 cm³/mol. The molecule has 0 spiro atoms. The molecule has 2 N–H and O–H groups in total. The quantitative estimate of drug-likeness (QED) is 0.371. The molecule has 0 aliphatic carbocycles. The number of rotatable bonds is 5. The number of carbonyl (C=O) groups excluding carboxylic acids is 2. The molecule has 1 atom stereocenters. The van der Waals surface area contributed by atoms with Gasteiger partial charge in [0, 0.05) is 7.05 Å². The summed E-state index contributed by atoms with van der Waals surface area (Å²) < 4.78 is 4.92. The van der Waals surface area contributed by atoms with E-state index in [2.05, 4.69) is 10.3 Å². The lowest BCUT2D eigenvalue weighted by Gasteiger charge is -2.10. The highest BCUT2D eigenvalue weighted by Crippen LogP contribution is 2.32. The first-order valence-electron chi connectivity index (χ1n) is 6.16. The summed E-state index contributed by atoms with van der Waals surface area (Å²) in [6, 6.07) is 0. The zero-order valence-electron chi connectivity index (χ0n) is 11.9. The zero-order valence-corrected chi connectivity index (χ0v) is 12.7. The molecule has 0 aliphatic rings. The van der Waals surface area contributed by atoms with Crippen LogP contribution in [0.4, 0.5) is 5.00 Å². The summed E-state index contributed by atoms with van der Waals surface area (Å²) in [5.41, 5.74) is 0.736. The number of ether oxygens (including phenoxy) is 1. The van der Waals surface area contributed by atoms with Crippen LogP contribution >= 0.6 is 11.3 Å². The number of carbonyl (C=O) groups is 3. The van der Waals surface area contributed by atoms with Crippen LogP contribution in [-0.4, -0.2) is 42.8 Å². The Labute approximate surface area is 125 Å². The van der Waals surface area contributed by atoms with Gasteiger partial charge in [-0.3, -0.25) is 14.6 Å². The largest absolute Gasteiger partial charge is 0.475 e. The van der Waals surface area contributed by atoms with Gasteiger partial charge in [0.25, 0.3) is 0 Å². The van der Waals surface area contributed by atoms with Crippen LogP contribution < -0.4 is 5.32 Å². The third kappa shape index (κ3) is 3.88. The predicted octanol–water partition coefficient (Wildman–Crippen LogP) is 1.75. The number of esters is 1. The number of carboxylic acids is 1. The summed E-state index contributed by atoms with van der Waals surface area (Å²) >= 11 is 1.13. The summed E-state index contributed by atoms with van der Waals surface area (Å²) in [5, 5.41) is 13.5. The number of thiophene rings is 1. The number of amidine groups is 1. The van der Waals surface area contributed by atoms with Gasteiger partial charge in [-0.15, -0.1) is 11.3 Å². The molecule has 0 fully saturated rings. The molecule has 0 aliphatic heterocycles. The van der Waals surface area contributed by atoms with Crippen molar-refractivity contribution in [3.63, 3.8) is 0 Å². The van der Waals surface area contributed by atoms with Gasteiger partial charge in [-0.1, -0.05) is 0 Å². The van der Waals surface area contributed by atoms with Crippen LogP contribution in [0, 0.1) is 0 Å². The number of aldehydes is 1. The van der Waals surface area contributed by atoms with Crippen LogP contribution in [0.5, 0.6) is 0 Å². The number of carboxylic acid groups (broad SMARTS) is 1. The minimum absolute atomic E-state index is 0.239. The number of hydrogen-bond donors (Lipinski definition) is 2.